The number of carbonyl (C=O) groups is 1. The number of carbonyl (C=O) groups excluding carboxylic acids is 1. The molecule has 0 radical (unpaired) electrons. The van der Waals surface area contributed by atoms with E-state index < -0.39 is 6.09 Å². The zero-order chi connectivity index (χ0) is 15.1. The van der Waals surface area contributed by atoms with Gasteiger partial charge in [0, 0.05) is 6.42 Å². The van der Waals surface area contributed by atoms with Gasteiger partial charge in [0.2, 0.25) is 0 Å². The van der Waals surface area contributed by atoms with Crippen LogP contribution in [0.3, 0.4) is 0 Å². The van der Waals surface area contributed by atoms with Crippen molar-refractivity contribution in [2.75, 3.05) is 6.61 Å². The van der Waals surface area contributed by atoms with Crippen molar-refractivity contribution in [3.63, 3.8) is 0 Å². The lowest BCUT2D eigenvalue weighted by Gasteiger charge is -2.01. The third kappa shape index (κ3) is 4.22. The number of benzene rings is 1. The molecule has 1 heterocycles. The van der Waals surface area contributed by atoms with Gasteiger partial charge in [0.05, 0.1) is 12.8 Å². The quantitative estimate of drug-likeness (QED) is 0.812. The molecule has 4 nitrogen and oxygen atoms in total. The van der Waals surface area contributed by atoms with Crippen molar-refractivity contribution in [2.45, 2.75) is 26.7 Å². The summed E-state index contributed by atoms with van der Waals surface area (Å²) < 4.78 is 6.32. The van der Waals surface area contributed by atoms with E-state index in [1.807, 2.05) is 18.2 Å². The molecule has 0 saturated heterocycles. The van der Waals surface area contributed by atoms with Crippen LogP contribution in [0.15, 0.2) is 36.5 Å². The topological polar surface area (TPSA) is 44.1 Å². The summed E-state index contributed by atoms with van der Waals surface area (Å²) in [5.74, 6) is 6.65. The summed E-state index contributed by atoms with van der Waals surface area (Å²) in [6, 6.07) is 10.2. The smallest absolute Gasteiger partial charge is 0.419 e. The van der Waals surface area contributed by atoms with E-state index >= 15 is 0 Å². The van der Waals surface area contributed by atoms with E-state index in [0.717, 1.165) is 12.8 Å². The van der Waals surface area contributed by atoms with Crippen molar-refractivity contribution in [1.82, 2.24) is 9.55 Å². The molecular formula is C17H18N2O2. The first-order valence-corrected chi connectivity index (χ1v) is 6.96. The summed E-state index contributed by atoms with van der Waals surface area (Å²) in [4.78, 5) is 15.9. The molecule has 0 aliphatic rings. The van der Waals surface area contributed by atoms with E-state index in [0.29, 0.717) is 18.1 Å². The molecule has 1 aromatic carbocycles. The summed E-state index contributed by atoms with van der Waals surface area (Å²) in [6.07, 6.45) is 2.86. The first-order valence-electron chi connectivity index (χ1n) is 6.96. The number of ether oxygens (including phenoxy) is 1. The first kappa shape index (κ1) is 14.9. The van der Waals surface area contributed by atoms with Gasteiger partial charge in [-0.3, -0.25) is 0 Å². The molecule has 0 unspecified atom stereocenters. The van der Waals surface area contributed by atoms with Gasteiger partial charge in [-0.25, -0.2) is 14.3 Å². The number of imidazole rings is 1. The van der Waals surface area contributed by atoms with E-state index in [4.69, 9.17) is 4.74 Å². The van der Waals surface area contributed by atoms with E-state index in [2.05, 4.69) is 29.0 Å². The highest BCUT2D eigenvalue weighted by Crippen LogP contribution is 2.04. The Balaban J connectivity index is 1.96. The Morgan fingerprint density at radius 2 is 2.10 bits per heavy atom. The van der Waals surface area contributed by atoms with Crippen molar-refractivity contribution in [3.8, 4) is 11.8 Å². The molecule has 108 valence electrons. The largest absolute Gasteiger partial charge is 0.449 e. The second kappa shape index (κ2) is 7.30. The second-order valence-electron chi connectivity index (χ2n) is 4.53. The number of hydrogen-bond acceptors (Lipinski definition) is 3. The van der Waals surface area contributed by atoms with Crippen LogP contribution >= 0.6 is 0 Å². The van der Waals surface area contributed by atoms with Crippen molar-refractivity contribution >= 4 is 6.09 Å². The molecule has 0 saturated carbocycles. The Hall–Kier alpha value is -2.54. The highest BCUT2D eigenvalue weighted by Gasteiger charge is 2.10. The van der Waals surface area contributed by atoms with E-state index in [1.165, 1.54) is 10.1 Å². The van der Waals surface area contributed by atoms with Crippen LogP contribution < -0.4 is 0 Å². The molecular weight excluding hydrogens is 264 g/mol. The molecule has 0 N–H and O–H groups in total. The van der Waals surface area contributed by atoms with Crippen LogP contribution in [0.5, 0.6) is 0 Å². The van der Waals surface area contributed by atoms with Crippen LogP contribution in [0.2, 0.25) is 0 Å². The zero-order valence-corrected chi connectivity index (χ0v) is 12.3. The van der Waals surface area contributed by atoms with Gasteiger partial charge in [-0.15, -0.1) is 0 Å². The SMILES string of the molecule is CCOC(=O)n1cc(C#CCCc2ccccc2)nc1C. The highest BCUT2D eigenvalue weighted by atomic mass is 16.5. The standard InChI is InChI=1S/C17H18N2O2/c1-3-21-17(20)19-13-16(18-14(19)2)12-8-7-11-15-9-5-4-6-10-15/h4-6,9-10,13H,3,7,11H2,1-2H3. The Labute approximate surface area is 124 Å². The summed E-state index contributed by atoms with van der Waals surface area (Å²) in [5.41, 5.74) is 1.86. The first-order chi connectivity index (χ1) is 10.2. The maximum atomic E-state index is 11.6. The molecule has 2 rings (SSSR count). The molecule has 0 atom stereocenters. The summed E-state index contributed by atoms with van der Waals surface area (Å²) in [5, 5.41) is 0. The Morgan fingerprint density at radius 3 is 2.81 bits per heavy atom. The third-order valence-corrected chi connectivity index (χ3v) is 2.94. The normalized spacial score (nSPS) is 9.81. The molecule has 4 heteroatoms. The van der Waals surface area contributed by atoms with Gasteiger partial charge in [0.1, 0.15) is 11.5 Å². The lowest BCUT2D eigenvalue weighted by Crippen LogP contribution is -2.13. The highest BCUT2D eigenvalue weighted by molar-refractivity contribution is 5.71. The third-order valence-electron chi connectivity index (χ3n) is 2.94. The van der Waals surface area contributed by atoms with Crippen LogP contribution in [0.1, 0.15) is 30.4 Å². The fourth-order valence-electron chi connectivity index (χ4n) is 1.92. The number of aromatic nitrogens is 2. The van der Waals surface area contributed by atoms with Gasteiger partial charge in [-0.2, -0.15) is 0 Å². The molecule has 21 heavy (non-hydrogen) atoms. The average molecular weight is 282 g/mol. The van der Waals surface area contributed by atoms with Gasteiger partial charge in [0.15, 0.2) is 0 Å². The van der Waals surface area contributed by atoms with Crippen molar-refractivity contribution in [1.29, 1.82) is 0 Å². The lowest BCUT2D eigenvalue weighted by atomic mass is 10.1. The number of aryl methyl sites for hydroxylation is 2. The van der Waals surface area contributed by atoms with Gasteiger partial charge < -0.3 is 4.74 Å². The number of nitrogens with zero attached hydrogens (tertiary/aromatic N) is 2. The molecule has 0 spiro atoms. The fourth-order valence-corrected chi connectivity index (χ4v) is 1.92. The Bertz CT molecular complexity index is 663. The van der Waals surface area contributed by atoms with E-state index in [1.54, 1.807) is 20.0 Å². The van der Waals surface area contributed by atoms with Crippen molar-refractivity contribution < 1.29 is 9.53 Å². The molecule has 2 aromatic rings. The minimum Gasteiger partial charge on any atom is -0.449 e. The average Bonchev–Trinajstić information content (AvgIpc) is 2.86. The summed E-state index contributed by atoms with van der Waals surface area (Å²) in [7, 11) is 0. The van der Waals surface area contributed by atoms with E-state index in [-0.39, 0.29) is 0 Å². The maximum absolute atomic E-state index is 11.6. The molecule has 0 aliphatic carbocycles. The van der Waals surface area contributed by atoms with Crippen LogP contribution in [-0.4, -0.2) is 22.3 Å². The van der Waals surface area contributed by atoms with Crippen LogP contribution in [0, 0.1) is 18.8 Å². The van der Waals surface area contributed by atoms with Crippen LogP contribution in [-0.2, 0) is 11.2 Å². The van der Waals surface area contributed by atoms with Gasteiger partial charge in [-0.1, -0.05) is 36.3 Å². The van der Waals surface area contributed by atoms with Gasteiger partial charge in [-0.05, 0) is 31.8 Å². The number of rotatable bonds is 3. The lowest BCUT2D eigenvalue weighted by molar-refractivity contribution is 0.153. The minimum absolute atomic E-state index is 0.342. The van der Waals surface area contributed by atoms with Crippen molar-refractivity contribution in [2.24, 2.45) is 0 Å². The minimum atomic E-state index is -0.417. The second-order valence-corrected chi connectivity index (χ2v) is 4.53. The van der Waals surface area contributed by atoms with Gasteiger partial charge in [0.25, 0.3) is 0 Å². The predicted molar refractivity (Wildman–Crippen MR) is 81.0 cm³/mol. The predicted octanol–water partition coefficient (Wildman–Crippen LogP) is 3.18. The summed E-state index contributed by atoms with van der Waals surface area (Å²) in [6.45, 7) is 3.87. The Morgan fingerprint density at radius 1 is 1.33 bits per heavy atom. The molecule has 0 aliphatic heterocycles. The van der Waals surface area contributed by atoms with Crippen LogP contribution in [0.25, 0.3) is 0 Å². The molecule has 0 bridgehead atoms. The maximum Gasteiger partial charge on any atom is 0.419 e. The van der Waals surface area contributed by atoms with Crippen LogP contribution in [0.4, 0.5) is 4.79 Å². The molecule has 0 amide bonds. The zero-order valence-electron chi connectivity index (χ0n) is 12.3. The Kier molecular flexibility index (Phi) is 5.16. The monoisotopic (exact) mass is 282 g/mol. The van der Waals surface area contributed by atoms with Gasteiger partial charge >= 0.3 is 6.09 Å². The molecule has 1 aromatic heterocycles. The van der Waals surface area contributed by atoms with Crippen molar-refractivity contribution in [3.05, 3.63) is 53.6 Å². The van der Waals surface area contributed by atoms with E-state index in [9.17, 15) is 4.79 Å². The summed E-state index contributed by atoms with van der Waals surface area (Å²) >= 11 is 0. The molecule has 0 fully saturated rings. The number of hydrogen-bond donors (Lipinski definition) is 0. The fraction of sp³-hybridized carbons (Fsp3) is 0.294.